The van der Waals surface area contributed by atoms with E-state index in [0.29, 0.717) is 13.2 Å². The van der Waals surface area contributed by atoms with Crippen LogP contribution in [0.5, 0.6) is 0 Å². The van der Waals surface area contributed by atoms with Crippen LogP contribution in [0.2, 0.25) is 0 Å². The van der Waals surface area contributed by atoms with Crippen molar-refractivity contribution in [2.24, 2.45) is 11.7 Å². The number of nitrogens with one attached hydrogen (secondary N) is 1. The van der Waals surface area contributed by atoms with Crippen LogP contribution in [0, 0.1) is 5.92 Å². The number of methoxy groups -OCH3 is 1. The van der Waals surface area contributed by atoms with Gasteiger partial charge in [-0.15, -0.1) is 0 Å². The first-order valence-electron chi connectivity index (χ1n) is 7.28. The molecule has 0 saturated heterocycles. The monoisotopic (exact) mass is 280 g/mol. The highest BCUT2D eigenvalue weighted by atomic mass is 16.5. The lowest BCUT2D eigenvalue weighted by Crippen LogP contribution is -2.37. The Kier molecular flexibility index (Phi) is 5.55. The highest BCUT2D eigenvalue weighted by Crippen LogP contribution is 2.23. The quantitative estimate of drug-likeness (QED) is 0.798. The lowest BCUT2D eigenvalue weighted by Gasteiger charge is -2.19. The van der Waals surface area contributed by atoms with Gasteiger partial charge in [-0.05, 0) is 12.8 Å². The zero-order valence-electron chi connectivity index (χ0n) is 12.0. The lowest BCUT2D eigenvalue weighted by molar-refractivity contribution is -0.120. The fourth-order valence-corrected chi connectivity index (χ4v) is 2.63. The van der Waals surface area contributed by atoms with Gasteiger partial charge in [0.1, 0.15) is 0 Å². The third-order valence-electron chi connectivity index (χ3n) is 3.83. The summed E-state index contributed by atoms with van der Waals surface area (Å²) >= 11 is 0. The van der Waals surface area contributed by atoms with E-state index in [-0.39, 0.29) is 17.9 Å². The van der Waals surface area contributed by atoms with Gasteiger partial charge < -0.3 is 15.8 Å². The van der Waals surface area contributed by atoms with Crippen LogP contribution in [0.1, 0.15) is 32.1 Å². The summed E-state index contributed by atoms with van der Waals surface area (Å²) in [4.78, 5) is 12.3. The number of amides is 1. The van der Waals surface area contributed by atoms with Crippen molar-refractivity contribution in [1.29, 1.82) is 0 Å². The number of carbonyl (C=O) groups excluding carboxylic acids is 1. The molecule has 1 aromatic rings. The lowest BCUT2D eigenvalue weighted by atomic mass is 9.94. The van der Waals surface area contributed by atoms with E-state index in [9.17, 15) is 4.79 Å². The van der Waals surface area contributed by atoms with E-state index in [0.717, 1.165) is 31.4 Å². The Morgan fingerprint density at radius 1 is 1.50 bits per heavy atom. The molecular formula is C14H24N4O2. The van der Waals surface area contributed by atoms with Gasteiger partial charge in [-0.25, -0.2) is 0 Å². The van der Waals surface area contributed by atoms with Gasteiger partial charge >= 0.3 is 0 Å². The molecule has 1 aromatic heterocycles. The molecule has 2 atom stereocenters. The first kappa shape index (κ1) is 15.0. The zero-order valence-corrected chi connectivity index (χ0v) is 12.0. The number of rotatable bonds is 5. The average Bonchev–Trinajstić information content (AvgIpc) is 2.75. The number of carbonyl (C=O) groups is 1. The standard InChI is InChI=1S/C14H24N4O2/c1-20-8-7-18-10-11(9-16-18)17-14(19)12-5-3-2-4-6-13(12)15/h9-10,12-13H,2-8,15H2,1H3,(H,17,19). The van der Waals surface area contributed by atoms with Gasteiger partial charge in [-0.3, -0.25) is 9.48 Å². The minimum absolute atomic E-state index is 0.0192. The number of nitrogens with two attached hydrogens (primary N) is 1. The smallest absolute Gasteiger partial charge is 0.229 e. The molecule has 0 aromatic carbocycles. The Bertz CT molecular complexity index is 433. The van der Waals surface area contributed by atoms with Gasteiger partial charge in [-0.1, -0.05) is 19.3 Å². The molecule has 0 radical (unpaired) electrons. The summed E-state index contributed by atoms with van der Waals surface area (Å²) in [6.45, 7) is 1.28. The van der Waals surface area contributed by atoms with Crippen LogP contribution in [0.3, 0.4) is 0 Å². The Hall–Kier alpha value is -1.40. The molecule has 0 aliphatic heterocycles. The van der Waals surface area contributed by atoms with Gasteiger partial charge in [-0.2, -0.15) is 5.10 Å². The molecule has 6 heteroatoms. The van der Waals surface area contributed by atoms with Crippen LogP contribution in [-0.4, -0.2) is 35.4 Å². The Morgan fingerprint density at radius 2 is 2.30 bits per heavy atom. The minimum Gasteiger partial charge on any atom is -0.383 e. The molecule has 1 aliphatic carbocycles. The van der Waals surface area contributed by atoms with Crippen molar-refractivity contribution in [3.8, 4) is 0 Å². The SMILES string of the molecule is COCCn1cc(NC(=O)C2CCCCCC2N)cn1. The number of hydrogen-bond acceptors (Lipinski definition) is 4. The van der Waals surface area contributed by atoms with Crippen LogP contribution >= 0.6 is 0 Å². The maximum atomic E-state index is 12.3. The van der Waals surface area contributed by atoms with E-state index < -0.39 is 0 Å². The summed E-state index contributed by atoms with van der Waals surface area (Å²) in [5.41, 5.74) is 6.83. The van der Waals surface area contributed by atoms with Crippen LogP contribution < -0.4 is 11.1 Å². The second-order valence-electron chi connectivity index (χ2n) is 5.38. The summed E-state index contributed by atoms with van der Waals surface area (Å²) < 4.78 is 6.75. The number of aromatic nitrogens is 2. The Labute approximate surface area is 119 Å². The van der Waals surface area contributed by atoms with Crippen LogP contribution in [0.4, 0.5) is 5.69 Å². The normalized spacial score (nSPS) is 23.3. The number of hydrogen-bond donors (Lipinski definition) is 2. The van der Waals surface area contributed by atoms with E-state index in [2.05, 4.69) is 10.4 Å². The topological polar surface area (TPSA) is 82.2 Å². The van der Waals surface area contributed by atoms with E-state index in [1.807, 2.05) is 6.20 Å². The minimum atomic E-state index is -0.0835. The molecule has 1 heterocycles. The van der Waals surface area contributed by atoms with Crippen LogP contribution in [0.15, 0.2) is 12.4 Å². The molecule has 6 nitrogen and oxygen atoms in total. The van der Waals surface area contributed by atoms with E-state index in [1.54, 1.807) is 18.0 Å². The van der Waals surface area contributed by atoms with Crippen molar-refractivity contribution < 1.29 is 9.53 Å². The number of anilines is 1. The summed E-state index contributed by atoms with van der Waals surface area (Å²) in [6.07, 6.45) is 8.68. The summed E-state index contributed by atoms with van der Waals surface area (Å²) in [5, 5.41) is 7.10. The van der Waals surface area contributed by atoms with Crippen molar-refractivity contribution in [1.82, 2.24) is 9.78 Å². The fraction of sp³-hybridized carbons (Fsp3) is 0.714. The first-order chi connectivity index (χ1) is 9.70. The van der Waals surface area contributed by atoms with Crippen LogP contribution in [-0.2, 0) is 16.1 Å². The molecule has 20 heavy (non-hydrogen) atoms. The van der Waals surface area contributed by atoms with E-state index >= 15 is 0 Å². The highest BCUT2D eigenvalue weighted by Gasteiger charge is 2.27. The molecule has 2 rings (SSSR count). The second kappa shape index (κ2) is 7.40. The fourth-order valence-electron chi connectivity index (χ4n) is 2.63. The van der Waals surface area contributed by atoms with Crippen molar-refractivity contribution in [3.05, 3.63) is 12.4 Å². The highest BCUT2D eigenvalue weighted by molar-refractivity contribution is 5.92. The predicted molar refractivity (Wildman–Crippen MR) is 77.3 cm³/mol. The maximum Gasteiger partial charge on any atom is 0.229 e. The van der Waals surface area contributed by atoms with Crippen molar-refractivity contribution in [3.63, 3.8) is 0 Å². The molecule has 1 saturated carbocycles. The summed E-state index contributed by atoms with van der Waals surface area (Å²) in [5.74, 6) is -0.0643. The Morgan fingerprint density at radius 3 is 3.10 bits per heavy atom. The second-order valence-corrected chi connectivity index (χ2v) is 5.38. The molecule has 112 valence electrons. The van der Waals surface area contributed by atoms with Gasteiger partial charge in [0.05, 0.1) is 31.0 Å². The molecular weight excluding hydrogens is 256 g/mol. The first-order valence-corrected chi connectivity index (χ1v) is 7.28. The molecule has 0 spiro atoms. The molecule has 1 amide bonds. The van der Waals surface area contributed by atoms with Gasteiger partial charge in [0.25, 0.3) is 0 Å². The van der Waals surface area contributed by atoms with Gasteiger partial charge in [0.15, 0.2) is 0 Å². The molecule has 2 unspecified atom stereocenters. The van der Waals surface area contributed by atoms with E-state index in [1.165, 1.54) is 6.42 Å². The molecule has 1 aliphatic rings. The zero-order chi connectivity index (χ0) is 14.4. The third-order valence-corrected chi connectivity index (χ3v) is 3.83. The number of ether oxygens (including phenoxy) is 1. The molecule has 1 fully saturated rings. The van der Waals surface area contributed by atoms with Gasteiger partial charge in [0.2, 0.25) is 5.91 Å². The molecule has 3 N–H and O–H groups in total. The van der Waals surface area contributed by atoms with Crippen molar-refractivity contribution in [2.45, 2.75) is 44.7 Å². The average molecular weight is 280 g/mol. The third kappa shape index (κ3) is 4.05. The summed E-state index contributed by atoms with van der Waals surface area (Å²) in [7, 11) is 1.65. The van der Waals surface area contributed by atoms with Crippen LogP contribution in [0.25, 0.3) is 0 Å². The van der Waals surface area contributed by atoms with Crippen molar-refractivity contribution in [2.75, 3.05) is 19.0 Å². The largest absolute Gasteiger partial charge is 0.383 e. The summed E-state index contributed by atoms with van der Waals surface area (Å²) in [6, 6.07) is -0.0268. The number of nitrogens with zero attached hydrogens (tertiary/aromatic N) is 2. The van der Waals surface area contributed by atoms with Gasteiger partial charge in [0, 0.05) is 19.3 Å². The van der Waals surface area contributed by atoms with Crippen molar-refractivity contribution >= 4 is 11.6 Å². The van der Waals surface area contributed by atoms with E-state index in [4.69, 9.17) is 10.5 Å². The molecule has 0 bridgehead atoms. The maximum absolute atomic E-state index is 12.3. The Balaban J connectivity index is 1.91. The predicted octanol–water partition coefficient (Wildman–Crippen LogP) is 1.38.